The molecule has 6 heteroatoms. The Labute approximate surface area is 164 Å². The zero-order valence-electron chi connectivity index (χ0n) is 15.6. The largest absolute Gasteiger partial charge is 0.380 e. The lowest BCUT2D eigenvalue weighted by atomic mass is 9.79. The van der Waals surface area contributed by atoms with Gasteiger partial charge in [0.2, 0.25) is 5.91 Å². The van der Waals surface area contributed by atoms with E-state index >= 15 is 0 Å². The zero-order valence-corrected chi connectivity index (χ0v) is 16.4. The van der Waals surface area contributed by atoms with Crippen molar-refractivity contribution in [2.24, 2.45) is 5.41 Å². The quantitative estimate of drug-likeness (QED) is 0.794. The van der Waals surface area contributed by atoms with Crippen LogP contribution >= 0.6 is 11.6 Å². The van der Waals surface area contributed by atoms with Crippen LogP contribution in [0.25, 0.3) is 0 Å². The summed E-state index contributed by atoms with van der Waals surface area (Å²) in [5.74, 6) is 1.50. The Morgan fingerprint density at radius 3 is 2.78 bits per heavy atom. The Kier molecular flexibility index (Phi) is 5.24. The molecular formula is C21H25ClN2O3. The second kappa shape index (κ2) is 7.64. The lowest BCUT2D eigenvalue weighted by Crippen LogP contribution is -2.48. The Hall–Kier alpha value is -1.85. The topological polar surface area (TPSA) is 55.6 Å². The highest BCUT2D eigenvalue weighted by Crippen LogP contribution is 2.37. The van der Waals surface area contributed by atoms with Gasteiger partial charge in [-0.05, 0) is 50.3 Å². The Balaban J connectivity index is 1.45. The highest BCUT2D eigenvalue weighted by Gasteiger charge is 2.45. The second-order valence-electron chi connectivity index (χ2n) is 7.83. The molecule has 1 unspecified atom stereocenters. The molecular weight excluding hydrogens is 364 g/mol. The van der Waals surface area contributed by atoms with E-state index in [1.54, 1.807) is 0 Å². The van der Waals surface area contributed by atoms with Crippen LogP contribution < -0.4 is 0 Å². The maximum atomic E-state index is 13.4. The summed E-state index contributed by atoms with van der Waals surface area (Å²) in [7, 11) is 0. The average molecular weight is 389 g/mol. The number of halogens is 1. The fourth-order valence-electron chi connectivity index (χ4n) is 4.31. The van der Waals surface area contributed by atoms with Crippen molar-refractivity contribution >= 4 is 17.5 Å². The van der Waals surface area contributed by atoms with Gasteiger partial charge in [0, 0.05) is 36.7 Å². The summed E-state index contributed by atoms with van der Waals surface area (Å²) >= 11 is 6.14. The second-order valence-corrected chi connectivity index (χ2v) is 8.26. The van der Waals surface area contributed by atoms with Crippen LogP contribution in [-0.4, -0.2) is 42.3 Å². The first-order valence-corrected chi connectivity index (χ1v) is 9.98. The summed E-state index contributed by atoms with van der Waals surface area (Å²) in [5, 5.41) is 4.70. The van der Waals surface area contributed by atoms with E-state index in [-0.39, 0.29) is 5.91 Å². The van der Waals surface area contributed by atoms with Gasteiger partial charge in [0.1, 0.15) is 5.76 Å². The molecule has 2 saturated heterocycles. The number of carbonyl (C=O) groups is 1. The number of piperidine rings is 1. The molecule has 4 rings (SSSR count). The van der Waals surface area contributed by atoms with Crippen LogP contribution in [0.4, 0.5) is 0 Å². The first kappa shape index (κ1) is 18.5. The summed E-state index contributed by atoms with van der Waals surface area (Å²) in [6.07, 6.45) is 3.26. The number of ether oxygens (including phenoxy) is 1. The molecule has 0 saturated carbocycles. The van der Waals surface area contributed by atoms with E-state index in [4.69, 9.17) is 20.9 Å². The molecule has 2 aliphatic heterocycles. The summed E-state index contributed by atoms with van der Waals surface area (Å²) in [6, 6.07) is 9.80. The van der Waals surface area contributed by atoms with Crippen molar-refractivity contribution in [3.63, 3.8) is 0 Å². The highest BCUT2D eigenvalue weighted by molar-refractivity contribution is 6.30. The van der Waals surface area contributed by atoms with E-state index in [2.05, 4.69) is 5.16 Å². The molecule has 27 heavy (non-hydrogen) atoms. The Morgan fingerprint density at radius 2 is 2.15 bits per heavy atom. The van der Waals surface area contributed by atoms with Crippen molar-refractivity contribution in [3.05, 3.63) is 52.4 Å². The number of carbonyl (C=O) groups excluding carboxylic acids is 1. The van der Waals surface area contributed by atoms with Gasteiger partial charge in [-0.15, -0.1) is 0 Å². The van der Waals surface area contributed by atoms with E-state index in [1.165, 1.54) is 0 Å². The molecule has 5 nitrogen and oxygen atoms in total. The zero-order chi connectivity index (χ0) is 18.9. The minimum absolute atomic E-state index is 0.215. The standard InChI is InChI=1S/C21H25ClN2O3/c1-15-11-19(27-23-15)17-5-8-24(9-6-17)20(25)21(7-10-26-14-21)13-16-3-2-4-18(22)12-16/h2-4,11-12,17H,5-10,13-14H2,1H3. The molecule has 0 spiro atoms. The van der Waals surface area contributed by atoms with Crippen LogP contribution in [0.3, 0.4) is 0 Å². The average Bonchev–Trinajstić information content (AvgIpc) is 3.31. The smallest absolute Gasteiger partial charge is 0.231 e. The van der Waals surface area contributed by atoms with Crippen molar-refractivity contribution in [2.75, 3.05) is 26.3 Å². The number of hydrogen-bond acceptors (Lipinski definition) is 4. The number of nitrogens with zero attached hydrogens (tertiary/aromatic N) is 2. The number of aryl methyl sites for hydroxylation is 1. The van der Waals surface area contributed by atoms with Crippen LogP contribution in [0.15, 0.2) is 34.9 Å². The van der Waals surface area contributed by atoms with Gasteiger partial charge < -0.3 is 14.2 Å². The van der Waals surface area contributed by atoms with Crippen LogP contribution in [-0.2, 0) is 16.0 Å². The maximum absolute atomic E-state index is 13.4. The fraction of sp³-hybridized carbons (Fsp3) is 0.524. The highest BCUT2D eigenvalue weighted by atomic mass is 35.5. The molecule has 2 aliphatic rings. The molecule has 0 bridgehead atoms. The normalized spacial score (nSPS) is 23.7. The van der Waals surface area contributed by atoms with Crippen molar-refractivity contribution < 1.29 is 14.1 Å². The molecule has 0 aliphatic carbocycles. The number of likely N-dealkylation sites (tertiary alicyclic amines) is 1. The van der Waals surface area contributed by atoms with Crippen LogP contribution in [0.1, 0.15) is 42.2 Å². The SMILES string of the molecule is Cc1cc(C2CCN(C(=O)C3(Cc4cccc(Cl)c4)CCOC3)CC2)on1. The summed E-state index contributed by atoms with van der Waals surface area (Å²) in [4.78, 5) is 15.4. The number of amides is 1. The number of aromatic nitrogens is 1. The monoisotopic (exact) mass is 388 g/mol. The maximum Gasteiger partial charge on any atom is 0.231 e. The van der Waals surface area contributed by atoms with Crippen molar-refractivity contribution in [1.29, 1.82) is 0 Å². The lowest BCUT2D eigenvalue weighted by molar-refractivity contribution is -0.143. The predicted octanol–water partition coefficient (Wildman–Crippen LogP) is 3.99. The van der Waals surface area contributed by atoms with Crippen LogP contribution in [0.2, 0.25) is 5.02 Å². The van der Waals surface area contributed by atoms with Crippen LogP contribution in [0, 0.1) is 12.3 Å². The van der Waals surface area contributed by atoms with Crippen molar-refractivity contribution in [3.8, 4) is 0 Å². The number of benzene rings is 1. The van der Waals surface area contributed by atoms with E-state index in [9.17, 15) is 4.79 Å². The minimum Gasteiger partial charge on any atom is -0.380 e. The third-order valence-electron chi connectivity index (χ3n) is 5.82. The number of hydrogen-bond donors (Lipinski definition) is 0. The van der Waals surface area contributed by atoms with E-state index in [1.807, 2.05) is 42.2 Å². The van der Waals surface area contributed by atoms with Crippen molar-refractivity contribution in [2.45, 2.75) is 38.5 Å². The summed E-state index contributed by atoms with van der Waals surface area (Å²) < 4.78 is 11.1. The first-order valence-electron chi connectivity index (χ1n) is 9.60. The third kappa shape index (κ3) is 3.90. The molecule has 1 amide bonds. The van der Waals surface area contributed by atoms with Gasteiger partial charge in [-0.2, -0.15) is 0 Å². The number of rotatable bonds is 4. The van der Waals surface area contributed by atoms with Gasteiger partial charge >= 0.3 is 0 Å². The molecule has 1 aromatic heterocycles. The van der Waals surface area contributed by atoms with Gasteiger partial charge in [0.25, 0.3) is 0 Å². The minimum atomic E-state index is -0.472. The molecule has 3 heterocycles. The van der Waals surface area contributed by atoms with Gasteiger partial charge in [0.15, 0.2) is 0 Å². The van der Waals surface area contributed by atoms with E-state index < -0.39 is 5.41 Å². The molecule has 144 valence electrons. The molecule has 1 atom stereocenters. The Bertz CT molecular complexity index is 805. The van der Waals surface area contributed by atoms with Gasteiger partial charge in [-0.25, -0.2) is 0 Å². The van der Waals surface area contributed by atoms with Gasteiger partial charge in [0.05, 0.1) is 17.7 Å². The Morgan fingerprint density at radius 1 is 1.33 bits per heavy atom. The predicted molar refractivity (Wildman–Crippen MR) is 103 cm³/mol. The van der Waals surface area contributed by atoms with Gasteiger partial charge in [-0.1, -0.05) is 28.9 Å². The first-order chi connectivity index (χ1) is 13.1. The molecule has 0 radical (unpaired) electrons. The molecule has 2 aromatic rings. The van der Waals surface area contributed by atoms with Gasteiger partial charge in [-0.3, -0.25) is 4.79 Å². The van der Waals surface area contributed by atoms with E-state index in [0.29, 0.717) is 30.6 Å². The fourth-order valence-corrected chi connectivity index (χ4v) is 4.52. The van der Waals surface area contributed by atoms with Crippen LogP contribution in [0.5, 0.6) is 0 Å². The summed E-state index contributed by atoms with van der Waals surface area (Å²) in [5.41, 5.74) is 1.53. The molecule has 1 aromatic carbocycles. The summed E-state index contributed by atoms with van der Waals surface area (Å²) in [6.45, 7) is 4.56. The lowest BCUT2D eigenvalue weighted by Gasteiger charge is -2.37. The third-order valence-corrected chi connectivity index (χ3v) is 6.05. The molecule has 2 fully saturated rings. The van der Waals surface area contributed by atoms with E-state index in [0.717, 1.165) is 49.4 Å². The van der Waals surface area contributed by atoms with Crippen molar-refractivity contribution in [1.82, 2.24) is 10.1 Å². The molecule has 0 N–H and O–H groups in total.